The summed E-state index contributed by atoms with van der Waals surface area (Å²) < 4.78 is 24.4. The summed E-state index contributed by atoms with van der Waals surface area (Å²) in [6, 6.07) is 6.37. The lowest BCUT2D eigenvalue weighted by atomic mass is 10.1. The third kappa shape index (κ3) is 3.20. The minimum Gasteiger partial charge on any atom is -0.467 e. The van der Waals surface area contributed by atoms with Gasteiger partial charge in [-0.15, -0.1) is 11.3 Å². The molecule has 2 aliphatic rings. The lowest BCUT2D eigenvalue weighted by molar-refractivity contribution is -0.123. The van der Waals surface area contributed by atoms with Crippen LogP contribution in [0.15, 0.2) is 34.6 Å². The molecule has 1 aromatic carbocycles. The van der Waals surface area contributed by atoms with E-state index >= 15 is 0 Å². The molecule has 1 fully saturated rings. The van der Waals surface area contributed by atoms with Gasteiger partial charge in [0.15, 0.2) is 6.79 Å². The Kier molecular flexibility index (Phi) is 4.32. The van der Waals surface area contributed by atoms with Crippen LogP contribution >= 0.6 is 23.1 Å². The van der Waals surface area contributed by atoms with Gasteiger partial charge < -0.3 is 9.47 Å². The Labute approximate surface area is 151 Å². The van der Waals surface area contributed by atoms with Crippen LogP contribution in [-0.4, -0.2) is 22.8 Å². The fraction of sp³-hybridized carbons (Fsp3) is 0.176. The van der Waals surface area contributed by atoms with Gasteiger partial charge in [0.25, 0.3) is 11.1 Å². The van der Waals surface area contributed by atoms with Crippen molar-refractivity contribution < 1.29 is 23.5 Å². The number of hydrogen-bond donors (Lipinski definition) is 0. The fourth-order valence-corrected chi connectivity index (χ4v) is 4.24. The molecule has 0 radical (unpaired) electrons. The molecule has 5 nitrogen and oxygen atoms in total. The van der Waals surface area contributed by atoms with Crippen LogP contribution in [0.1, 0.15) is 16.0 Å². The molecule has 3 heterocycles. The molecule has 4 rings (SSSR count). The number of carbonyl (C=O) groups excluding carboxylic acids is 2. The van der Waals surface area contributed by atoms with E-state index in [9.17, 15) is 14.0 Å². The molecule has 1 aromatic heterocycles. The van der Waals surface area contributed by atoms with Crippen LogP contribution in [0, 0.1) is 5.82 Å². The third-order valence-corrected chi connectivity index (χ3v) is 5.50. The zero-order valence-corrected chi connectivity index (χ0v) is 14.5. The van der Waals surface area contributed by atoms with Crippen LogP contribution in [0.2, 0.25) is 0 Å². The van der Waals surface area contributed by atoms with E-state index in [0.29, 0.717) is 21.8 Å². The van der Waals surface area contributed by atoms with Gasteiger partial charge in [-0.1, -0.05) is 6.07 Å². The van der Waals surface area contributed by atoms with E-state index in [0.717, 1.165) is 21.5 Å². The Bertz CT molecular complexity index is 879. The Hall–Kier alpha value is -2.16. The predicted molar refractivity (Wildman–Crippen MR) is 92.5 cm³/mol. The number of imide groups is 1. The second kappa shape index (κ2) is 6.62. The number of amides is 2. The van der Waals surface area contributed by atoms with Crippen molar-refractivity contribution in [3.05, 3.63) is 56.4 Å². The van der Waals surface area contributed by atoms with Crippen LogP contribution in [0.5, 0.6) is 5.75 Å². The number of benzene rings is 1. The van der Waals surface area contributed by atoms with Crippen molar-refractivity contribution in [2.75, 3.05) is 6.79 Å². The van der Waals surface area contributed by atoms with Crippen molar-refractivity contribution in [1.82, 2.24) is 4.90 Å². The van der Waals surface area contributed by atoms with Gasteiger partial charge in [-0.25, -0.2) is 4.39 Å². The van der Waals surface area contributed by atoms with E-state index in [2.05, 4.69) is 0 Å². The molecule has 2 aromatic rings. The quantitative estimate of drug-likeness (QED) is 0.757. The molecular weight excluding hydrogens is 365 g/mol. The second-order valence-corrected chi connectivity index (χ2v) is 7.42. The fourth-order valence-electron chi connectivity index (χ4n) is 2.68. The maximum absolute atomic E-state index is 13.8. The molecular formula is C17H12FNO4S2. The molecule has 0 spiro atoms. The minimum absolute atomic E-state index is 0.0352. The summed E-state index contributed by atoms with van der Waals surface area (Å²) in [7, 11) is 0. The zero-order chi connectivity index (χ0) is 17.4. The summed E-state index contributed by atoms with van der Waals surface area (Å²) in [5, 5.41) is 1.52. The van der Waals surface area contributed by atoms with Gasteiger partial charge >= 0.3 is 0 Å². The molecule has 25 heavy (non-hydrogen) atoms. The highest BCUT2D eigenvalue weighted by Crippen LogP contribution is 2.36. The van der Waals surface area contributed by atoms with E-state index in [1.807, 2.05) is 17.5 Å². The first-order chi connectivity index (χ1) is 12.1. The number of nitrogens with zero attached hydrogens (tertiary/aromatic N) is 1. The number of thiophene rings is 1. The molecule has 8 heteroatoms. The van der Waals surface area contributed by atoms with E-state index in [4.69, 9.17) is 9.47 Å². The Morgan fingerprint density at radius 2 is 2.20 bits per heavy atom. The molecule has 0 saturated carbocycles. The average Bonchev–Trinajstić information content (AvgIpc) is 3.19. The molecule has 1 saturated heterocycles. The van der Waals surface area contributed by atoms with Crippen molar-refractivity contribution >= 4 is 40.3 Å². The highest BCUT2D eigenvalue weighted by molar-refractivity contribution is 8.18. The molecule has 0 bridgehead atoms. The summed E-state index contributed by atoms with van der Waals surface area (Å²) in [6.45, 7) is 0.263. The molecule has 0 unspecified atom stereocenters. The van der Waals surface area contributed by atoms with Crippen molar-refractivity contribution in [2.45, 2.75) is 13.2 Å². The molecule has 0 atom stereocenters. The van der Waals surface area contributed by atoms with Gasteiger partial charge in [-0.05, 0) is 41.4 Å². The third-order valence-electron chi connectivity index (χ3n) is 3.77. The van der Waals surface area contributed by atoms with Crippen molar-refractivity contribution in [3.8, 4) is 5.75 Å². The molecule has 2 amide bonds. The maximum Gasteiger partial charge on any atom is 0.293 e. The number of ether oxygens (including phenoxy) is 2. The summed E-state index contributed by atoms with van der Waals surface area (Å²) >= 11 is 2.37. The summed E-state index contributed by atoms with van der Waals surface area (Å²) in [4.78, 5) is 27.2. The standard InChI is InChI=1S/C17H12FNO4S2/c18-12-4-10(15-11(5-12)8-22-9-23-15)7-19-16(20)14(25-17(19)21)6-13-2-1-3-24-13/h1-6H,7-9H2/b14-6-. The lowest BCUT2D eigenvalue weighted by Crippen LogP contribution is -2.28. The SMILES string of the molecule is O=C1S/C(=C\c2cccs2)C(=O)N1Cc1cc(F)cc2c1OCOC2. The van der Waals surface area contributed by atoms with Gasteiger partial charge in [0, 0.05) is 16.0 Å². The van der Waals surface area contributed by atoms with E-state index < -0.39 is 5.82 Å². The molecule has 0 N–H and O–H groups in total. The Morgan fingerprint density at radius 1 is 1.32 bits per heavy atom. The van der Waals surface area contributed by atoms with E-state index in [1.165, 1.54) is 23.5 Å². The number of rotatable bonds is 3. The topological polar surface area (TPSA) is 55.8 Å². The Morgan fingerprint density at radius 3 is 3.00 bits per heavy atom. The van der Waals surface area contributed by atoms with Gasteiger partial charge in [0.2, 0.25) is 0 Å². The number of hydrogen-bond acceptors (Lipinski definition) is 6. The summed E-state index contributed by atoms with van der Waals surface area (Å²) in [5.74, 6) is -0.355. The van der Waals surface area contributed by atoms with Crippen LogP contribution in [-0.2, 0) is 22.7 Å². The van der Waals surface area contributed by atoms with Crippen LogP contribution in [0.25, 0.3) is 6.08 Å². The first-order valence-electron chi connectivity index (χ1n) is 7.42. The molecule has 128 valence electrons. The van der Waals surface area contributed by atoms with Gasteiger partial charge in [-0.3, -0.25) is 14.5 Å². The van der Waals surface area contributed by atoms with E-state index in [1.54, 1.807) is 6.08 Å². The van der Waals surface area contributed by atoms with Crippen molar-refractivity contribution in [3.63, 3.8) is 0 Å². The van der Waals surface area contributed by atoms with Crippen LogP contribution in [0.4, 0.5) is 9.18 Å². The monoisotopic (exact) mass is 377 g/mol. The number of thioether (sulfide) groups is 1. The minimum atomic E-state index is -0.455. The highest BCUT2D eigenvalue weighted by atomic mass is 32.2. The second-order valence-electron chi connectivity index (χ2n) is 5.45. The highest BCUT2D eigenvalue weighted by Gasteiger charge is 2.36. The van der Waals surface area contributed by atoms with E-state index in [-0.39, 0.29) is 31.1 Å². The van der Waals surface area contributed by atoms with Crippen LogP contribution < -0.4 is 4.74 Å². The number of halogens is 1. The Balaban J connectivity index is 1.62. The number of carbonyl (C=O) groups is 2. The normalized spacial score (nSPS) is 18.6. The first kappa shape index (κ1) is 16.3. The van der Waals surface area contributed by atoms with Crippen LogP contribution in [0.3, 0.4) is 0 Å². The van der Waals surface area contributed by atoms with Crippen molar-refractivity contribution in [1.29, 1.82) is 0 Å². The summed E-state index contributed by atoms with van der Waals surface area (Å²) in [6.07, 6.45) is 1.70. The molecule has 0 aliphatic carbocycles. The van der Waals surface area contributed by atoms with Gasteiger partial charge in [0.1, 0.15) is 11.6 Å². The zero-order valence-electron chi connectivity index (χ0n) is 12.9. The smallest absolute Gasteiger partial charge is 0.293 e. The molecule has 2 aliphatic heterocycles. The predicted octanol–water partition coefficient (Wildman–Crippen LogP) is 3.99. The number of fused-ring (bicyclic) bond motifs is 1. The maximum atomic E-state index is 13.8. The van der Waals surface area contributed by atoms with Gasteiger partial charge in [-0.2, -0.15) is 0 Å². The van der Waals surface area contributed by atoms with Gasteiger partial charge in [0.05, 0.1) is 18.1 Å². The lowest BCUT2D eigenvalue weighted by Gasteiger charge is -2.22. The largest absolute Gasteiger partial charge is 0.467 e. The average molecular weight is 377 g/mol. The van der Waals surface area contributed by atoms with Crippen molar-refractivity contribution in [2.24, 2.45) is 0 Å². The first-order valence-corrected chi connectivity index (χ1v) is 9.12. The summed E-state index contributed by atoms with van der Waals surface area (Å²) in [5.41, 5.74) is 1.03.